The van der Waals surface area contributed by atoms with Crippen molar-refractivity contribution in [3.8, 4) is 0 Å². The highest BCUT2D eigenvalue weighted by molar-refractivity contribution is 9.11. The number of alkyl halides is 1. The van der Waals surface area contributed by atoms with Crippen LogP contribution in [0.25, 0.3) is 0 Å². The molecule has 1 unspecified atom stereocenters. The van der Waals surface area contributed by atoms with Crippen molar-refractivity contribution in [2.24, 2.45) is 0 Å². The van der Waals surface area contributed by atoms with E-state index in [1.54, 1.807) is 11.3 Å². The monoisotopic (exact) mass is 456 g/mol. The highest BCUT2D eigenvalue weighted by Crippen LogP contribution is 2.42. The van der Waals surface area contributed by atoms with Gasteiger partial charge in [0.1, 0.15) is 0 Å². The number of hydrogen-bond donors (Lipinski definition) is 0. The molecule has 0 N–H and O–H groups in total. The summed E-state index contributed by atoms with van der Waals surface area (Å²) in [6.07, 6.45) is 0. The molecule has 2 aromatic rings. The maximum atomic E-state index is 6.54. The Kier molecular flexibility index (Phi) is 4.75. The Morgan fingerprint density at radius 3 is 2.35 bits per heavy atom. The zero-order valence-electron chi connectivity index (χ0n) is 8.81. The second-order valence-electron chi connectivity index (χ2n) is 3.60. The van der Waals surface area contributed by atoms with Crippen LogP contribution in [-0.4, -0.2) is 0 Å². The van der Waals surface area contributed by atoms with Gasteiger partial charge in [0.15, 0.2) is 0 Å². The third-order valence-electron chi connectivity index (χ3n) is 2.30. The van der Waals surface area contributed by atoms with Crippen molar-refractivity contribution >= 4 is 70.7 Å². The molecule has 1 atom stereocenters. The first-order chi connectivity index (χ1) is 7.99. The first-order valence-corrected chi connectivity index (χ1v) is 8.47. The van der Waals surface area contributed by atoms with Crippen LogP contribution in [0.15, 0.2) is 37.7 Å². The van der Waals surface area contributed by atoms with E-state index < -0.39 is 0 Å². The first-order valence-electron chi connectivity index (χ1n) is 4.84. The molecule has 0 radical (unpaired) electrons. The van der Waals surface area contributed by atoms with E-state index in [0.29, 0.717) is 0 Å². The van der Waals surface area contributed by atoms with Gasteiger partial charge in [-0.3, -0.25) is 0 Å². The van der Waals surface area contributed by atoms with Crippen LogP contribution in [0, 0.1) is 6.92 Å². The van der Waals surface area contributed by atoms with Gasteiger partial charge in [-0.05, 0) is 46.6 Å². The van der Waals surface area contributed by atoms with Gasteiger partial charge >= 0.3 is 0 Å². The molecule has 1 aromatic carbocycles. The molecule has 0 aliphatic rings. The Morgan fingerprint density at radius 1 is 1.12 bits per heavy atom. The maximum Gasteiger partial charge on any atom is 0.0950 e. The van der Waals surface area contributed by atoms with E-state index in [1.807, 2.05) is 18.2 Å². The van der Waals surface area contributed by atoms with Gasteiger partial charge in [-0.25, -0.2) is 0 Å². The van der Waals surface area contributed by atoms with E-state index in [4.69, 9.17) is 11.6 Å². The smallest absolute Gasteiger partial charge is 0.0950 e. The minimum Gasteiger partial charge on any atom is -0.143 e. The summed E-state index contributed by atoms with van der Waals surface area (Å²) in [5.74, 6) is 0. The van der Waals surface area contributed by atoms with Crippen molar-refractivity contribution in [3.63, 3.8) is 0 Å². The molecular weight excluding hydrogens is 451 g/mol. The number of halogens is 4. The molecule has 5 heteroatoms. The minimum absolute atomic E-state index is 0.134. The highest BCUT2D eigenvalue weighted by Gasteiger charge is 2.19. The standard InChI is InChI=1S/C12H8Br3ClS/c1-6-4-10(15)12(17-6)11(16)8-3-2-7(13)5-9(8)14/h2-5,11H,1H3. The largest absolute Gasteiger partial charge is 0.143 e. The van der Waals surface area contributed by atoms with Crippen LogP contribution in [0.2, 0.25) is 0 Å². The number of rotatable bonds is 2. The quantitative estimate of drug-likeness (QED) is 0.440. The fourth-order valence-corrected chi connectivity index (χ4v) is 5.38. The molecule has 0 fully saturated rings. The summed E-state index contributed by atoms with van der Waals surface area (Å²) in [5.41, 5.74) is 1.08. The third kappa shape index (κ3) is 3.16. The van der Waals surface area contributed by atoms with E-state index in [-0.39, 0.29) is 5.38 Å². The van der Waals surface area contributed by atoms with Crippen molar-refractivity contribution in [1.82, 2.24) is 0 Å². The lowest BCUT2D eigenvalue weighted by molar-refractivity contribution is 1.16. The SMILES string of the molecule is Cc1cc(Br)c(C(Cl)c2ccc(Br)cc2Br)s1. The third-order valence-corrected chi connectivity index (χ3v) is 6.10. The average molecular weight is 459 g/mol. The zero-order valence-corrected chi connectivity index (χ0v) is 15.1. The normalized spacial score (nSPS) is 12.8. The fraction of sp³-hybridized carbons (Fsp3) is 0.167. The van der Waals surface area contributed by atoms with Gasteiger partial charge in [-0.2, -0.15) is 0 Å². The molecule has 1 aromatic heterocycles. The summed E-state index contributed by atoms with van der Waals surface area (Å²) in [6, 6.07) is 8.15. The van der Waals surface area contributed by atoms with Crippen molar-refractivity contribution in [2.45, 2.75) is 12.3 Å². The Balaban J connectivity index is 2.43. The summed E-state index contributed by atoms with van der Waals surface area (Å²) in [5, 5.41) is -0.134. The summed E-state index contributed by atoms with van der Waals surface area (Å²) in [4.78, 5) is 2.40. The molecule has 0 spiro atoms. The molecule has 0 bridgehead atoms. The predicted octanol–water partition coefficient (Wildman–Crippen LogP) is 6.67. The van der Waals surface area contributed by atoms with Crippen LogP contribution >= 0.6 is 70.7 Å². The maximum absolute atomic E-state index is 6.54. The van der Waals surface area contributed by atoms with Crippen LogP contribution in [0.5, 0.6) is 0 Å². The topological polar surface area (TPSA) is 0 Å². The van der Waals surface area contributed by atoms with Gasteiger partial charge in [0.2, 0.25) is 0 Å². The molecule has 0 saturated carbocycles. The Bertz CT molecular complexity index is 551. The van der Waals surface area contributed by atoms with Crippen LogP contribution in [0.3, 0.4) is 0 Å². The molecule has 0 aliphatic heterocycles. The van der Waals surface area contributed by atoms with Crippen molar-refractivity contribution in [1.29, 1.82) is 0 Å². The molecule has 1 heterocycles. The summed E-state index contributed by atoms with van der Waals surface area (Å²) < 4.78 is 3.14. The predicted molar refractivity (Wildman–Crippen MR) is 86.3 cm³/mol. The van der Waals surface area contributed by atoms with E-state index in [2.05, 4.69) is 60.8 Å². The second kappa shape index (κ2) is 5.74. The first kappa shape index (κ1) is 14.1. The van der Waals surface area contributed by atoms with E-state index >= 15 is 0 Å². The summed E-state index contributed by atoms with van der Waals surface area (Å²) in [7, 11) is 0. The Morgan fingerprint density at radius 2 is 1.82 bits per heavy atom. The lowest BCUT2D eigenvalue weighted by atomic mass is 10.1. The summed E-state index contributed by atoms with van der Waals surface area (Å²) >= 11 is 18.8. The fourth-order valence-electron chi connectivity index (χ4n) is 1.52. The molecule has 0 nitrogen and oxygen atoms in total. The molecule has 2 rings (SSSR count). The van der Waals surface area contributed by atoms with Gasteiger partial charge in [0, 0.05) is 23.2 Å². The van der Waals surface area contributed by atoms with Gasteiger partial charge in [-0.15, -0.1) is 22.9 Å². The summed E-state index contributed by atoms with van der Waals surface area (Å²) in [6.45, 7) is 2.08. The number of benzene rings is 1. The van der Waals surface area contributed by atoms with Crippen LogP contribution in [0.4, 0.5) is 0 Å². The van der Waals surface area contributed by atoms with Crippen LogP contribution < -0.4 is 0 Å². The molecule has 0 amide bonds. The minimum atomic E-state index is -0.134. The zero-order chi connectivity index (χ0) is 12.6. The van der Waals surface area contributed by atoms with Gasteiger partial charge < -0.3 is 0 Å². The lowest BCUT2D eigenvalue weighted by Gasteiger charge is -2.11. The van der Waals surface area contributed by atoms with Gasteiger partial charge in [0.25, 0.3) is 0 Å². The molecule has 0 saturated heterocycles. The van der Waals surface area contributed by atoms with Gasteiger partial charge in [0.05, 0.1) is 5.38 Å². The van der Waals surface area contributed by atoms with E-state index in [0.717, 1.165) is 23.9 Å². The van der Waals surface area contributed by atoms with Crippen LogP contribution in [0.1, 0.15) is 20.7 Å². The van der Waals surface area contributed by atoms with Crippen molar-refractivity contribution < 1.29 is 0 Å². The van der Waals surface area contributed by atoms with E-state index in [1.165, 1.54) is 4.88 Å². The van der Waals surface area contributed by atoms with Crippen molar-refractivity contribution in [3.05, 3.63) is 53.0 Å². The molecule has 17 heavy (non-hydrogen) atoms. The van der Waals surface area contributed by atoms with E-state index in [9.17, 15) is 0 Å². The molecule has 0 aliphatic carbocycles. The molecule has 90 valence electrons. The highest BCUT2D eigenvalue weighted by atomic mass is 79.9. The van der Waals surface area contributed by atoms with Gasteiger partial charge in [-0.1, -0.05) is 37.9 Å². The Hall–Kier alpha value is 0.650. The number of aryl methyl sites for hydroxylation is 1. The number of hydrogen-bond acceptors (Lipinski definition) is 1. The lowest BCUT2D eigenvalue weighted by Crippen LogP contribution is -1.92. The average Bonchev–Trinajstić information content (AvgIpc) is 2.57. The molecular formula is C12H8Br3ClS. The second-order valence-corrected chi connectivity index (χ2v) is 7.95. The number of thiophene rings is 1. The van der Waals surface area contributed by atoms with Crippen LogP contribution in [-0.2, 0) is 0 Å². The van der Waals surface area contributed by atoms with Crippen molar-refractivity contribution in [2.75, 3.05) is 0 Å². The Labute approximate surface area is 135 Å².